The third-order valence-electron chi connectivity index (χ3n) is 5.77. The Balaban J connectivity index is 1.91. The van der Waals surface area contributed by atoms with E-state index in [0.717, 1.165) is 0 Å². The molecule has 27 heavy (non-hydrogen) atoms. The van der Waals surface area contributed by atoms with Gasteiger partial charge in [0.2, 0.25) is 0 Å². The van der Waals surface area contributed by atoms with Crippen LogP contribution >= 0.6 is 0 Å². The Morgan fingerprint density at radius 3 is 1.33 bits per heavy atom. The van der Waals surface area contributed by atoms with Crippen molar-refractivity contribution in [2.75, 3.05) is 9.80 Å². The summed E-state index contributed by atoms with van der Waals surface area (Å²) in [5, 5.41) is 0. The van der Waals surface area contributed by atoms with Crippen LogP contribution in [0.3, 0.4) is 0 Å². The quantitative estimate of drug-likeness (QED) is 0.686. The van der Waals surface area contributed by atoms with Crippen molar-refractivity contribution >= 4 is 11.4 Å². The van der Waals surface area contributed by atoms with Crippen molar-refractivity contribution in [1.29, 1.82) is 0 Å². The zero-order valence-corrected chi connectivity index (χ0v) is 18.5. The second kappa shape index (κ2) is 6.50. The first-order valence-corrected chi connectivity index (χ1v) is 10.0. The summed E-state index contributed by atoms with van der Waals surface area (Å²) >= 11 is 0. The van der Waals surface area contributed by atoms with Crippen LogP contribution in [0.5, 0.6) is 0 Å². The Hall–Kier alpha value is -2.10. The number of anilines is 2. The van der Waals surface area contributed by atoms with E-state index in [1.165, 1.54) is 16.9 Å². The summed E-state index contributed by atoms with van der Waals surface area (Å²) in [7, 11) is 0. The summed E-state index contributed by atoms with van der Waals surface area (Å²) in [5.74, 6) is 0. The third-order valence-corrected chi connectivity index (χ3v) is 5.77. The van der Waals surface area contributed by atoms with Gasteiger partial charge < -0.3 is 19.6 Å². The Labute approximate surface area is 165 Å². The predicted octanol–water partition coefficient (Wildman–Crippen LogP) is 5.47. The van der Waals surface area contributed by atoms with E-state index in [1.807, 2.05) is 0 Å². The summed E-state index contributed by atoms with van der Waals surface area (Å²) in [4.78, 5) is 9.60. The van der Waals surface area contributed by atoms with Gasteiger partial charge >= 0.3 is 0 Å². The van der Waals surface area contributed by atoms with E-state index in [0.29, 0.717) is 12.3 Å². The zero-order valence-electron chi connectivity index (χ0n) is 18.5. The highest BCUT2D eigenvalue weighted by Gasteiger charge is 2.34. The van der Waals surface area contributed by atoms with Crippen LogP contribution in [0.25, 0.3) is 0 Å². The van der Waals surface area contributed by atoms with Gasteiger partial charge in [-0.05, 0) is 80.0 Å². The van der Waals surface area contributed by atoms with Gasteiger partial charge in [-0.3, -0.25) is 0 Å². The summed E-state index contributed by atoms with van der Waals surface area (Å²) < 4.78 is 0. The van der Waals surface area contributed by atoms with Crippen molar-refractivity contribution in [3.63, 3.8) is 0 Å². The number of benzene rings is 1. The highest BCUT2D eigenvalue weighted by atomic mass is 15.4. The summed E-state index contributed by atoms with van der Waals surface area (Å²) in [6.45, 7) is 20.4. The number of nitrogens with zero attached hydrogens (tertiary/aromatic N) is 4. The van der Waals surface area contributed by atoms with Gasteiger partial charge in [0.25, 0.3) is 0 Å². The number of rotatable bonds is 2. The lowest BCUT2D eigenvalue weighted by Gasteiger charge is -2.40. The minimum atomic E-state index is 0.107. The van der Waals surface area contributed by atoms with Gasteiger partial charge in [0.15, 0.2) is 0 Å². The molecule has 0 spiro atoms. The first kappa shape index (κ1) is 19.7. The molecule has 0 aliphatic carbocycles. The molecule has 0 radical (unpaired) electrons. The lowest BCUT2D eigenvalue weighted by molar-refractivity contribution is 0.171. The molecule has 2 aliphatic heterocycles. The average molecular weight is 369 g/mol. The van der Waals surface area contributed by atoms with Gasteiger partial charge in [0, 0.05) is 47.3 Å². The summed E-state index contributed by atoms with van der Waals surface area (Å²) in [5.41, 5.74) is 4.08. The molecule has 1 aromatic rings. The van der Waals surface area contributed by atoms with Gasteiger partial charge in [-0.2, -0.15) is 0 Å². The van der Waals surface area contributed by atoms with Crippen molar-refractivity contribution in [3.8, 4) is 0 Å². The standard InChI is InChI=1S/C23H36N4/c1-17-20(24-13-15-26(18(24)2)22(4,5)6)11-10-12-21(17)25-14-16-27(19(25)3)23(7,8)9/h10-16,18-19H,1-9H3/t18-,19+. The molecule has 1 aromatic carbocycles. The fraction of sp³-hybridized carbons (Fsp3) is 0.565. The lowest BCUT2D eigenvalue weighted by Crippen LogP contribution is -2.47. The molecule has 3 rings (SSSR count). The lowest BCUT2D eigenvalue weighted by atomic mass is 10.1. The zero-order chi connectivity index (χ0) is 20.1. The SMILES string of the molecule is Cc1c(N2C=CN(C(C)(C)C)[C@@H]2C)cccc1N1C=CN(C(C)(C)C)[C@H]1C. The maximum atomic E-state index is 2.42. The van der Waals surface area contributed by atoms with Crippen LogP contribution < -0.4 is 9.80 Å². The number of hydrogen-bond acceptors (Lipinski definition) is 4. The van der Waals surface area contributed by atoms with Crippen molar-refractivity contribution in [2.24, 2.45) is 0 Å². The largest absolute Gasteiger partial charge is 0.351 e. The van der Waals surface area contributed by atoms with Crippen LogP contribution in [-0.4, -0.2) is 33.2 Å². The predicted molar refractivity (Wildman–Crippen MR) is 117 cm³/mol. The van der Waals surface area contributed by atoms with Crippen LogP contribution in [0.2, 0.25) is 0 Å². The van der Waals surface area contributed by atoms with E-state index in [-0.39, 0.29) is 11.1 Å². The highest BCUT2D eigenvalue weighted by Crippen LogP contribution is 2.38. The van der Waals surface area contributed by atoms with Crippen LogP contribution in [0.1, 0.15) is 61.0 Å². The molecule has 2 aliphatic rings. The normalized spacial score (nSPS) is 23.1. The van der Waals surface area contributed by atoms with Gasteiger partial charge in [-0.1, -0.05) is 6.07 Å². The monoisotopic (exact) mass is 368 g/mol. The molecule has 4 nitrogen and oxygen atoms in total. The second-order valence-electron chi connectivity index (χ2n) is 9.75. The Kier molecular flexibility index (Phi) is 4.73. The minimum absolute atomic E-state index is 0.107. The third kappa shape index (κ3) is 3.42. The minimum Gasteiger partial charge on any atom is -0.351 e. The van der Waals surface area contributed by atoms with E-state index in [4.69, 9.17) is 0 Å². The van der Waals surface area contributed by atoms with Crippen LogP contribution in [0.4, 0.5) is 11.4 Å². The Bertz CT molecular complexity index is 690. The first-order chi connectivity index (χ1) is 12.4. The first-order valence-electron chi connectivity index (χ1n) is 10.0. The maximum Gasteiger partial charge on any atom is 0.103 e. The number of hydrogen-bond donors (Lipinski definition) is 0. The molecular formula is C23H36N4. The van der Waals surface area contributed by atoms with Crippen molar-refractivity contribution < 1.29 is 0 Å². The smallest absolute Gasteiger partial charge is 0.103 e. The van der Waals surface area contributed by atoms with E-state index >= 15 is 0 Å². The molecule has 0 bridgehead atoms. The Morgan fingerprint density at radius 1 is 0.667 bits per heavy atom. The fourth-order valence-electron chi connectivity index (χ4n) is 4.36. The summed E-state index contributed by atoms with van der Waals surface area (Å²) in [6, 6.07) is 6.65. The molecule has 0 N–H and O–H groups in total. The van der Waals surface area contributed by atoms with Crippen LogP contribution in [0.15, 0.2) is 43.0 Å². The van der Waals surface area contributed by atoms with E-state index in [1.54, 1.807) is 0 Å². The topological polar surface area (TPSA) is 13.0 Å². The molecule has 2 atom stereocenters. The molecule has 0 unspecified atom stereocenters. The molecule has 2 heterocycles. The molecule has 0 aromatic heterocycles. The van der Waals surface area contributed by atoms with Crippen LogP contribution in [-0.2, 0) is 0 Å². The van der Waals surface area contributed by atoms with E-state index in [2.05, 4.69) is 125 Å². The van der Waals surface area contributed by atoms with Gasteiger partial charge in [0.05, 0.1) is 0 Å². The summed E-state index contributed by atoms with van der Waals surface area (Å²) in [6.07, 6.45) is 9.47. The molecule has 4 heteroatoms. The van der Waals surface area contributed by atoms with Gasteiger partial charge in [0.1, 0.15) is 12.3 Å². The molecule has 0 fully saturated rings. The van der Waals surface area contributed by atoms with E-state index in [9.17, 15) is 0 Å². The van der Waals surface area contributed by atoms with E-state index < -0.39 is 0 Å². The maximum absolute atomic E-state index is 2.42. The van der Waals surface area contributed by atoms with Crippen LogP contribution in [0, 0.1) is 6.92 Å². The molecule has 0 amide bonds. The van der Waals surface area contributed by atoms with Crippen molar-refractivity contribution in [3.05, 3.63) is 48.6 Å². The molecule has 0 saturated heterocycles. The van der Waals surface area contributed by atoms with Crippen molar-refractivity contribution in [1.82, 2.24) is 9.80 Å². The highest BCUT2D eigenvalue weighted by molar-refractivity contribution is 5.70. The second-order valence-corrected chi connectivity index (χ2v) is 9.75. The average Bonchev–Trinajstić information content (AvgIpc) is 3.10. The fourth-order valence-corrected chi connectivity index (χ4v) is 4.36. The Morgan fingerprint density at radius 2 is 1.04 bits per heavy atom. The molecule has 148 valence electrons. The van der Waals surface area contributed by atoms with Gasteiger partial charge in [-0.15, -0.1) is 0 Å². The van der Waals surface area contributed by atoms with Crippen molar-refractivity contribution in [2.45, 2.75) is 85.7 Å². The molecule has 0 saturated carbocycles. The van der Waals surface area contributed by atoms with Gasteiger partial charge in [-0.25, -0.2) is 0 Å². The molecular weight excluding hydrogens is 332 g/mol.